The minimum Gasteiger partial charge on any atom is -0.492 e. The number of hydrogen-bond acceptors (Lipinski definition) is 18. The molecule has 102 heavy (non-hydrogen) atoms. The second-order valence-electron chi connectivity index (χ2n) is 25.9. The molecule has 0 saturated carbocycles. The Balaban J connectivity index is 0.000000137. The lowest BCUT2D eigenvalue weighted by molar-refractivity contribution is 0.261. The summed E-state index contributed by atoms with van der Waals surface area (Å²) in [5.41, 5.74) is 23.3. The lowest BCUT2D eigenvalue weighted by Crippen LogP contribution is -2.19. The molecule has 6 heterocycles. The van der Waals surface area contributed by atoms with E-state index in [-0.39, 0.29) is 0 Å². The summed E-state index contributed by atoms with van der Waals surface area (Å²) >= 11 is 0. The number of benzene rings is 6. The Kier molecular flexibility index (Phi) is 21.5. The van der Waals surface area contributed by atoms with Gasteiger partial charge in [-0.2, -0.15) is 0 Å². The molecule has 516 valence electrons. The Morgan fingerprint density at radius 1 is 0.324 bits per heavy atom. The Labute approximate surface area is 592 Å². The summed E-state index contributed by atoms with van der Waals surface area (Å²) in [7, 11) is 12.2. The second kappa shape index (κ2) is 32.0. The summed E-state index contributed by atoms with van der Waals surface area (Å²) in [6.45, 7) is 4.53. The van der Waals surface area contributed by atoms with Crippen LogP contribution in [0.5, 0.6) is 17.2 Å². The van der Waals surface area contributed by atoms with Crippen molar-refractivity contribution >= 4 is 17.1 Å². The lowest BCUT2D eigenvalue weighted by Gasteiger charge is -2.11. The van der Waals surface area contributed by atoms with Gasteiger partial charge in [-0.25, -0.2) is 15.0 Å². The van der Waals surface area contributed by atoms with E-state index in [1.54, 1.807) is 37.2 Å². The normalized spacial score (nSPS) is 14.0. The van der Waals surface area contributed by atoms with E-state index in [4.69, 9.17) is 29.2 Å². The van der Waals surface area contributed by atoms with Crippen LogP contribution in [0.3, 0.4) is 0 Å². The molecule has 0 saturated heterocycles. The van der Waals surface area contributed by atoms with Crippen molar-refractivity contribution in [3.63, 3.8) is 0 Å². The first-order chi connectivity index (χ1) is 49.9. The number of aromatic nitrogens is 9. The summed E-state index contributed by atoms with van der Waals surface area (Å²) in [4.78, 5) is 44.4. The van der Waals surface area contributed by atoms with Gasteiger partial charge in [0.25, 0.3) is 0 Å². The first-order valence-electron chi connectivity index (χ1n) is 34.1. The monoisotopic (exact) mass is 1360 g/mol. The van der Waals surface area contributed by atoms with Crippen LogP contribution in [-0.2, 0) is 19.3 Å². The molecule has 0 amide bonds. The summed E-state index contributed by atoms with van der Waals surface area (Å²) < 4.78 is 17.5. The van der Waals surface area contributed by atoms with Crippen LogP contribution in [0, 0.1) is 0 Å². The minimum absolute atomic E-state index is 0.643. The number of rotatable bonds is 21. The van der Waals surface area contributed by atoms with Crippen LogP contribution in [0.4, 0.5) is 0 Å². The van der Waals surface area contributed by atoms with Gasteiger partial charge in [0.2, 0.25) is 0 Å². The van der Waals surface area contributed by atoms with Crippen molar-refractivity contribution in [2.45, 2.75) is 38.5 Å². The van der Waals surface area contributed by atoms with E-state index in [0.29, 0.717) is 19.8 Å². The molecule has 12 aromatic rings. The number of pyridine rings is 3. The Morgan fingerprint density at radius 3 is 0.824 bits per heavy atom. The van der Waals surface area contributed by atoms with Crippen molar-refractivity contribution in [3.05, 3.63) is 234 Å². The van der Waals surface area contributed by atoms with Crippen LogP contribution >= 0.6 is 0 Å². The number of nitrogens with zero attached hydrogens (tertiary/aromatic N) is 12. The number of fused-ring (bicyclic) bond motifs is 3. The number of oxime groups is 3. The van der Waals surface area contributed by atoms with Gasteiger partial charge in [-0.05, 0) is 225 Å². The molecule has 6 N–H and O–H groups in total. The smallest absolute Gasteiger partial charge is 0.138 e. The maximum absolute atomic E-state index is 9.27. The van der Waals surface area contributed by atoms with Gasteiger partial charge in [0.1, 0.15) is 54.5 Å². The number of hydrogen-bond donors (Lipinski definition) is 6. The van der Waals surface area contributed by atoms with E-state index in [1.807, 2.05) is 188 Å². The predicted octanol–water partition coefficient (Wildman–Crippen LogP) is 14.6. The lowest BCUT2D eigenvalue weighted by atomic mass is 10.0. The van der Waals surface area contributed by atoms with Crippen LogP contribution in [0.25, 0.3) is 102 Å². The molecule has 0 bridgehead atoms. The summed E-state index contributed by atoms with van der Waals surface area (Å²) in [5.74, 6) is 4.89. The van der Waals surface area contributed by atoms with Gasteiger partial charge in [-0.3, -0.25) is 15.0 Å². The molecule has 6 aromatic carbocycles. The molecule has 0 radical (unpaired) electrons. The minimum atomic E-state index is 0.643. The van der Waals surface area contributed by atoms with Crippen LogP contribution in [0.15, 0.2) is 216 Å². The van der Waals surface area contributed by atoms with Crippen LogP contribution in [0.2, 0.25) is 0 Å². The first-order valence-corrected chi connectivity index (χ1v) is 34.1. The van der Waals surface area contributed by atoms with Crippen LogP contribution < -0.4 is 14.2 Å². The van der Waals surface area contributed by atoms with Crippen LogP contribution in [-0.4, -0.2) is 174 Å². The number of H-pyrrole nitrogens is 3. The van der Waals surface area contributed by atoms with E-state index in [0.717, 1.165) is 211 Å². The zero-order valence-corrected chi connectivity index (χ0v) is 58.0. The van der Waals surface area contributed by atoms with Crippen molar-refractivity contribution in [2.75, 3.05) is 81.7 Å². The van der Waals surface area contributed by atoms with E-state index in [1.165, 1.54) is 16.7 Å². The molecule has 0 unspecified atom stereocenters. The number of likely N-dealkylation sites (N-methyl/N-ethyl adjacent to an activating group) is 3. The third-order valence-corrected chi connectivity index (χ3v) is 18.1. The van der Waals surface area contributed by atoms with Gasteiger partial charge in [-0.15, -0.1) is 0 Å². The highest BCUT2D eigenvalue weighted by Gasteiger charge is 2.26. The highest BCUT2D eigenvalue weighted by atomic mass is 16.5. The Bertz CT molecular complexity index is 4420. The molecule has 3 aliphatic rings. The number of aromatic amines is 3. The maximum atomic E-state index is 9.27. The van der Waals surface area contributed by atoms with Crippen molar-refractivity contribution in [3.8, 4) is 119 Å². The molecular formula is C81H81N15O6. The molecule has 15 rings (SSSR count). The number of nitrogens with one attached hydrogen (secondary N) is 3. The molecule has 0 atom stereocenters. The van der Waals surface area contributed by atoms with Gasteiger partial charge in [0.15, 0.2) is 0 Å². The predicted molar refractivity (Wildman–Crippen MR) is 400 cm³/mol. The maximum Gasteiger partial charge on any atom is 0.138 e. The van der Waals surface area contributed by atoms with E-state index < -0.39 is 0 Å². The third-order valence-electron chi connectivity index (χ3n) is 18.1. The molecule has 0 aliphatic heterocycles. The number of imidazole rings is 3. The van der Waals surface area contributed by atoms with Crippen molar-refractivity contribution in [1.82, 2.24) is 59.6 Å². The fourth-order valence-corrected chi connectivity index (χ4v) is 12.7. The van der Waals surface area contributed by atoms with Gasteiger partial charge < -0.3 is 59.5 Å². The first kappa shape index (κ1) is 68.6. The number of ether oxygens (including phenoxy) is 3. The van der Waals surface area contributed by atoms with E-state index in [9.17, 15) is 15.6 Å². The average molecular weight is 1360 g/mol. The highest BCUT2D eigenvalue weighted by molar-refractivity contribution is 6.06. The van der Waals surface area contributed by atoms with E-state index >= 15 is 0 Å². The SMILES string of the molecule is CN(C)CCOc1ccc(-c2nc(-c3ccc4c(c3)CC/C4=N\O)c(-c3ccncc3)[nH]2)cc1.CN(C)CCOc1ccc(-c2nc(-c3ccc4c(c3)CC/C4=N\O)c(-c3ccncc3)[nH]2)cc1.CN(C)CCOc1ccc(-c2nc(-c3ccc4c(c3)CC/C4=N\O)c(-c3ccncc3)[nH]2)cc1. The largest absolute Gasteiger partial charge is 0.492 e. The average Bonchev–Trinajstić information content (AvgIpc) is 1.65. The van der Waals surface area contributed by atoms with Gasteiger partial charge in [0, 0.05) is 124 Å². The molecule has 21 heteroatoms. The van der Waals surface area contributed by atoms with Crippen LogP contribution in [0.1, 0.15) is 52.6 Å². The van der Waals surface area contributed by atoms with Crippen molar-refractivity contribution < 1.29 is 29.8 Å². The Morgan fingerprint density at radius 2 is 0.578 bits per heavy atom. The fourth-order valence-electron chi connectivity index (χ4n) is 12.7. The molecule has 0 spiro atoms. The topological polar surface area (TPSA) is 260 Å². The zero-order valence-electron chi connectivity index (χ0n) is 58.0. The quantitative estimate of drug-likeness (QED) is 0.0289. The molecular weight excluding hydrogens is 1280 g/mol. The molecule has 21 nitrogen and oxygen atoms in total. The summed E-state index contributed by atoms with van der Waals surface area (Å²) in [5, 5.41) is 38.1. The van der Waals surface area contributed by atoms with E-state index in [2.05, 4.69) is 78.3 Å². The second-order valence-corrected chi connectivity index (χ2v) is 25.9. The molecule has 0 fully saturated rings. The fraction of sp³-hybridized carbons (Fsp3) is 0.222. The number of aryl methyl sites for hydroxylation is 3. The highest BCUT2D eigenvalue weighted by Crippen LogP contribution is 2.40. The molecule has 6 aromatic heterocycles. The van der Waals surface area contributed by atoms with Gasteiger partial charge in [-0.1, -0.05) is 51.9 Å². The molecule has 3 aliphatic carbocycles. The van der Waals surface area contributed by atoms with Crippen molar-refractivity contribution in [2.24, 2.45) is 15.5 Å². The summed E-state index contributed by atoms with van der Waals surface area (Å²) in [6.07, 6.45) is 15.5. The summed E-state index contributed by atoms with van der Waals surface area (Å²) in [6, 6.07) is 54.5. The Hall–Kier alpha value is -11.9. The van der Waals surface area contributed by atoms with Gasteiger partial charge in [0.05, 0.1) is 51.3 Å². The standard InChI is InChI=1S/3C27H27N5O2/c3*1-32(2)15-16-34-22-7-3-19(4-8-22)27-29-25(18-11-13-28-14-12-18)26(30-27)21-5-9-23-20(17-21)6-10-24(23)31-33/h3*3-5,7-9,11-14,17,33H,6,10,15-16H2,1-2H3,(H,29,30)/b3*31-24+. The third kappa shape index (κ3) is 16.0. The van der Waals surface area contributed by atoms with Gasteiger partial charge >= 0.3 is 0 Å². The van der Waals surface area contributed by atoms with Crippen molar-refractivity contribution in [1.29, 1.82) is 0 Å². The zero-order chi connectivity index (χ0) is 70.5.